The Labute approximate surface area is 107 Å². The number of fused-ring (bicyclic) bond motifs is 1. The first-order valence-electron chi connectivity index (χ1n) is 7.72. The first-order chi connectivity index (χ1) is 9.29. The van der Waals surface area contributed by atoms with E-state index in [2.05, 4.69) is 29.2 Å². The second-order valence-electron chi connectivity index (χ2n) is 5.23. The quantitative estimate of drug-likeness (QED) is 0.700. The molecule has 1 saturated heterocycles. The average molecular weight is 229 g/mol. The smallest absolute Gasteiger partial charge is 0.0538 e. The Balaban J connectivity index is 1.79. The zero-order valence-corrected chi connectivity index (χ0v) is 10.2. The van der Waals surface area contributed by atoms with E-state index in [0.29, 0.717) is 12.0 Å². The van der Waals surface area contributed by atoms with Gasteiger partial charge in [0.25, 0.3) is 0 Å². The van der Waals surface area contributed by atoms with Crippen molar-refractivity contribution in [3.63, 3.8) is 0 Å². The molecule has 1 nitrogen and oxygen atoms in total. The third-order valence-corrected chi connectivity index (χ3v) is 4.05. The summed E-state index contributed by atoms with van der Waals surface area (Å²) in [6, 6.07) is 11.0. The minimum atomic E-state index is -0.00359. The maximum absolute atomic E-state index is 8.25. The van der Waals surface area contributed by atoms with Gasteiger partial charge in [0.2, 0.25) is 0 Å². The van der Waals surface area contributed by atoms with Crippen LogP contribution in [0, 0.1) is 5.92 Å². The summed E-state index contributed by atoms with van der Waals surface area (Å²) in [6.07, 6.45) is 3.34. The lowest BCUT2D eigenvalue weighted by Crippen LogP contribution is -2.34. The van der Waals surface area contributed by atoms with Gasteiger partial charge in [-0.3, -0.25) is 4.90 Å². The molecule has 0 amide bonds. The van der Waals surface area contributed by atoms with Gasteiger partial charge < -0.3 is 0 Å². The second-order valence-corrected chi connectivity index (χ2v) is 5.23. The van der Waals surface area contributed by atoms with Crippen LogP contribution in [-0.2, 0) is 6.54 Å². The van der Waals surface area contributed by atoms with Crippen LogP contribution in [0.15, 0.2) is 42.5 Å². The molecule has 0 bridgehead atoms. The number of rotatable bonds is 2. The highest BCUT2D eigenvalue weighted by molar-refractivity contribution is 5.19. The van der Waals surface area contributed by atoms with Crippen LogP contribution in [0.2, 0.25) is 0 Å². The maximum Gasteiger partial charge on any atom is 0.0538 e. The maximum atomic E-state index is 8.25. The number of likely N-dealkylation sites (tertiary alicyclic amines) is 1. The van der Waals surface area contributed by atoms with E-state index in [0.717, 1.165) is 25.9 Å². The average Bonchev–Trinajstić information content (AvgIpc) is 2.80. The summed E-state index contributed by atoms with van der Waals surface area (Å²) in [7, 11) is 0. The van der Waals surface area contributed by atoms with Crippen LogP contribution >= 0.6 is 0 Å². The van der Waals surface area contributed by atoms with Crippen molar-refractivity contribution in [2.75, 3.05) is 6.54 Å². The van der Waals surface area contributed by atoms with E-state index in [-0.39, 0.29) is 6.40 Å². The lowest BCUT2D eigenvalue weighted by molar-refractivity contribution is 0.177. The molecule has 1 heterocycles. The molecule has 0 aromatic heterocycles. The van der Waals surface area contributed by atoms with Crippen molar-refractivity contribution in [3.8, 4) is 0 Å². The molecule has 0 radical (unpaired) electrons. The van der Waals surface area contributed by atoms with Crippen molar-refractivity contribution in [3.05, 3.63) is 48.0 Å². The highest BCUT2D eigenvalue weighted by atomic mass is 15.2. The van der Waals surface area contributed by atoms with Crippen LogP contribution in [0.3, 0.4) is 0 Å². The molecule has 17 heavy (non-hydrogen) atoms. The first-order valence-corrected chi connectivity index (χ1v) is 6.57. The molecule has 3 rings (SSSR count). The van der Waals surface area contributed by atoms with Crippen molar-refractivity contribution < 1.29 is 2.74 Å². The van der Waals surface area contributed by atoms with E-state index < -0.39 is 0 Å². The summed E-state index contributed by atoms with van der Waals surface area (Å²) in [4.78, 5) is 2.47. The van der Waals surface area contributed by atoms with E-state index in [1.807, 2.05) is 6.07 Å². The summed E-state index contributed by atoms with van der Waals surface area (Å²) in [5.41, 5.74) is 2.50. The first kappa shape index (κ1) is 8.93. The van der Waals surface area contributed by atoms with Crippen molar-refractivity contribution in [1.82, 2.24) is 4.90 Å². The molecule has 3 atom stereocenters. The fourth-order valence-electron chi connectivity index (χ4n) is 3.22. The molecule has 2 aliphatic rings. The summed E-state index contributed by atoms with van der Waals surface area (Å²) in [6.45, 7) is 3.34. The topological polar surface area (TPSA) is 3.24 Å². The SMILES string of the molecule is [2H]C=C1CN(Cc2ccccc2)[C@H]2CCC[C@@H]([2H])[C@@H]12. The van der Waals surface area contributed by atoms with Gasteiger partial charge in [0.1, 0.15) is 0 Å². The monoisotopic (exact) mass is 229 g/mol. The van der Waals surface area contributed by atoms with Crippen molar-refractivity contribution in [2.24, 2.45) is 5.92 Å². The van der Waals surface area contributed by atoms with E-state index in [1.54, 1.807) is 0 Å². The molecule has 1 aliphatic carbocycles. The van der Waals surface area contributed by atoms with Crippen molar-refractivity contribution >= 4 is 0 Å². The van der Waals surface area contributed by atoms with Crippen LogP contribution in [-0.4, -0.2) is 17.5 Å². The van der Waals surface area contributed by atoms with Gasteiger partial charge in [0, 0.05) is 20.5 Å². The van der Waals surface area contributed by atoms with E-state index >= 15 is 0 Å². The minimum Gasteiger partial charge on any atom is -0.292 e. The molecular weight excluding hydrogens is 206 g/mol. The summed E-state index contributed by atoms with van der Waals surface area (Å²) in [5, 5.41) is 0. The number of hydrogen-bond acceptors (Lipinski definition) is 1. The van der Waals surface area contributed by atoms with Crippen molar-refractivity contribution in [1.29, 1.82) is 0 Å². The van der Waals surface area contributed by atoms with E-state index in [1.165, 1.54) is 24.1 Å². The zero-order valence-electron chi connectivity index (χ0n) is 12.2. The van der Waals surface area contributed by atoms with Gasteiger partial charge in [-0.15, -0.1) is 0 Å². The summed E-state index contributed by atoms with van der Waals surface area (Å²) < 4.78 is 15.9. The molecule has 1 aliphatic heterocycles. The highest BCUT2D eigenvalue weighted by Gasteiger charge is 2.37. The van der Waals surface area contributed by atoms with Gasteiger partial charge in [-0.25, -0.2) is 0 Å². The molecule has 90 valence electrons. The van der Waals surface area contributed by atoms with Gasteiger partial charge in [-0.2, -0.15) is 0 Å². The Morgan fingerprint density at radius 1 is 1.35 bits per heavy atom. The lowest BCUT2D eigenvalue weighted by Gasteiger charge is -2.31. The summed E-state index contributed by atoms with van der Waals surface area (Å²) >= 11 is 0. The number of hydrogen-bond donors (Lipinski definition) is 0. The van der Waals surface area contributed by atoms with Gasteiger partial charge in [0.05, 0.1) is 1.37 Å². The molecule has 0 unspecified atom stereocenters. The molecule has 1 heteroatoms. The molecule has 0 spiro atoms. The Kier molecular flexibility index (Phi) is 2.45. The number of benzene rings is 1. The second kappa shape index (κ2) is 4.66. The fourth-order valence-corrected chi connectivity index (χ4v) is 3.22. The van der Waals surface area contributed by atoms with Crippen LogP contribution in [0.25, 0.3) is 0 Å². The molecule has 2 fully saturated rings. The van der Waals surface area contributed by atoms with Gasteiger partial charge >= 0.3 is 0 Å². The van der Waals surface area contributed by atoms with Crippen LogP contribution in [0.1, 0.15) is 34.0 Å². The van der Waals surface area contributed by atoms with Crippen LogP contribution in [0.4, 0.5) is 0 Å². The fraction of sp³-hybridized carbons (Fsp3) is 0.500. The van der Waals surface area contributed by atoms with Crippen LogP contribution in [0.5, 0.6) is 0 Å². The van der Waals surface area contributed by atoms with Crippen LogP contribution < -0.4 is 0 Å². The standard InChI is InChI=1S/C16H21N/c1-13-11-17(12-14-7-3-2-4-8-14)16-10-6-5-9-15(13)16/h2-4,7-8,15-16H,1,5-6,9-12H2/t15-,16-/m0/s1/i1D,9D/t9-,15+,16+/m1. The largest absolute Gasteiger partial charge is 0.292 e. The third kappa shape index (κ3) is 2.16. The normalized spacial score (nSPS) is 37.6. The Bertz CT molecular complexity index is 457. The van der Waals surface area contributed by atoms with Gasteiger partial charge in [0.15, 0.2) is 0 Å². The minimum absolute atomic E-state index is 0.00359. The lowest BCUT2D eigenvalue weighted by atomic mass is 9.83. The molecular formula is C16H21N. The Morgan fingerprint density at radius 3 is 3.06 bits per heavy atom. The van der Waals surface area contributed by atoms with Gasteiger partial charge in [-0.1, -0.05) is 55.3 Å². The molecule has 1 aromatic rings. The summed E-state index contributed by atoms with van der Waals surface area (Å²) in [5.74, 6) is 0.301. The Hall–Kier alpha value is -1.08. The van der Waals surface area contributed by atoms with Crippen molar-refractivity contribution in [2.45, 2.75) is 38.2 Å². The third-order valence-electron chi connectivity index (χ3n) is 4.05. The Morgan fingerprint density at radius 2 is 2.24 bits per heavy atom. The molecule has 1 aromatic carbocycles. The number of nitrogens with zero attached hydrogens (tertiary/aromatic N) is 1. The zero-order chi connectivity index (χ0) is 13.2. The van der Waals surface area contributed by atoms with Gasteiger partial charge in [-0.05, 0) is 24.3 Å². The predicted molar refractivity (Wildman–Crippen MR) is 71.7 cm³/mol. The molecule has 0 N–H and O–H groups in total. The van der Waals surface area contributed by atoms with E-state index in [9.17, 15) is 0 Å². The highest BCUT2D eigenvalue weighted by Crippen LogP contribution is 2.39. The predicted octanol–water partition coefficient (Wildman–Crippen LogP) is 3.62. The molecule has 1 saturated carbocycles. The van der Waals surface area contributed by atoms with E-state index in [4.69, 9.17) is 2.74 Å².